The highest BCUT2D eigenvalue weighted by Gasteiger charge is 2.33. The van der Waals surface area contributed by atoms with Crippen LogP contribution in [0.1, 0.15) is 56.2 Å². The van der Waals surface area contributed by atoms with E-state index in [0.717, 1.165) is 35.6 Å². The Bertz CT molecular complexity index is 880. The zero-order chi connectivity index (χ0) is 21.4. The molecule has 0 saturated carbocycles. The van der Waals surface area contributed by atoms with Gasteiger partial charge in [-0.15, -0.1) is 0 Å². The van der Waals surface area contributed by atoms with E-state index in [-0.39, 0.29) is 11.3 Å². The van der Waals surface area contributed by atoms with Crippen molar-refractivity contribution in [2.75, 3.05) is 7.11 Å². The van der Waals surface area contributed by atoms with E-state index in [1.165, 1.54) is 19.2 Å². The standard InChI is InChI=1S/C24H27F3O2/c1-4-8-18(14-12-17-13-15-22(28)23(16-17)29-3)19(9-5-2)20-10-6-7-11-21(20)24(25,26)27/h6-7,10-16,28H,4-5,8-9H2,1-3H3/b14-12+,19-18-. The van der Waals surface area contributed by atoms with Gasteiger partial charge in [0.1, 0.15) is 0 Å². The highest BCUT2D eigenvalue weighted by Crippen LogP contribution is 2.38. The fraction of sp³-hybridized carbons (Fsp3) is 0.333. The molecule has 2 aromatic rings. The number of aromatic hydroxyl groups is 1. The van der Waals surface area contributed by atoms with Crippen LogP contribution in [0.25, 0.3) is 11.6 Å². The van der Waals surface area contributed by atoms with Crippen molar-refractivity contribution in [3.8, 4) is 11.5 Å². The first-order valence-corrected chi connectivity index (χ1v) is 9.75. The van der Waals surface area contributed by atoms with Crippen LogP contribution < -0.4 is 4.74 Å². The molecular weight excluding hydrogens is 377 g/mol. The molecular formula is C24H27F3O2. The SMILES string of the molecule is CCCC(/C=C/c1ccc(O)c(OC)c1)=C(\CCC)c1ccccc1C(F)(F)F. The van der Waals surface area contributed by atoms with Gasteiger partial charge in [0.05, 0.1) is 12.7 Å². The van der Waals surface area contributed by atoms with Gasteiger partial charge in [0.15, 0.2) is 11.5 Å². The summed E-state index contributed by atoms with van der Waals surface area (Å²) in [6.45, 7) is 3.98. The Morgan fingerprint density at radius 3 is 2.34 bits per heavy atom. The number of benzene rings is 2. The van der Waals surface area contributed by atoms with Crippen LogP contribution >= 0.6 is 0 Å². The van der Waals surface area contributed by atoms with Crippen LogP contribution in [0.15, 0.2) is 54.1 Å². The van der Waals surface area contributed by atoms with E-state index in [0.29, 0.717) is 18.6 Å². The number of ether oxygens (including phenoxy) is 1. The van der Waals surface area contributed by atoms with Gasteiger partial charge in [-0.3, -0.25) is 0 Å². The largest absolute Gasteiger partial charge is 0.504 e. The van der Waals surface area contributed by atoms with E-state index in [2.05, 4.69) is 0 Å². The second kappa shape index (κ2) is 10.2. The molecule has 1 N–H and O–H groups in total. The summed E-state index contributed by atoms with van der Waals surface area (Å²) in [5, 5.41) is 9.75. The monoisotopic (exact) mass is 404 g/mol. The molecule has 2 nitrogen and oxygen atoms in total. The Hall–Kier alpha value is -2.69. The summed E-state index contributed by atoms with van der Waals surface area (Å²) < 4.78 is 45.9. The lowest BCUT2D eigenvalue weighted by Gasteiger charge is -2.18. The number of allylic oxidation sites excluding steroid dienone is 3. The maximum Gasteiger partial charge on any atom is 0.416 e. The Labute approximate surface area is 170 Å². The predicted molar refractivity (Wildman–Crippen MR) is 112 cm³/mol. The first kappa shape index (κ1) is 22.6. The molecule has 156 valence electrons. The van der Waals surface area contributed by atoms with E-state index in [1.807, 2.05) is 26.0 Å². The number of phenols is 1. The zero-order valence-corrected chi connectivity index (χ0v) is 17.0. The van der Waals surface area contributed by atoms with Gasteiger partial charge in [0, 0.05) is 0 Å². The molecule has 0 heterocycles. The average Bonchev–Trinajstić information content (AvgIpc) is 2.70. The summed E-state index contributed by atoms with van der Waals surface area (Å²) in [6.07, 6.45) is 2.13. The van der Waals surface area contributed by atoms with Gasteiger partial charge in [-0.05, 0) is 53.3 Å². The quantitative estimate of drug-likeness (QED) is 0.462. The molecule has 0 aromatic heterocycles. The van der Waals surface area contributed by atoms with Crippen LogP contribution in [0.4, 0.5) is 13.2 Å². The smallest absolute Gasteiger partial charge is 0.416 e. The van der Waals surface area contributed by atoms with Crippen molar-refractivity contribution < 1.29 is 23.0 Å². The van der Waals surface area contributed by atoms with Crippen molar-refractivity contribution in [3.63, 3.8) is 0 Å². The van der Waals surface area contributed by atoms with E-state index in [1.54, 1.807) is 24.3 Å². The molecule has 0 spiro atoms. The maximum atomic E-state index is 13.6. The lowest BCUT2D eigenvalue weighted by Crippen LogP contribution is -2.09. The minimum atomic E-state index is -4.40. The molecule has 0 radical (unpaired) electrons. The van der Waals surface area contributed by atoms with Gasteiger partial charge in [-0.2, -0.15) is 13.2 Å². The minimum Gasteiger partial charge on any atom is -0.504 e. The van der Waals surface area contributed by atoms with Crippen LogP contribution in [0.2, 0.25) is 0 Å². The van der Waals surface area contributed by atoms with Crippen LogP contribution in [0.5, 0.6) is 11.5 Å². The van der Waals surface area contributed by atoms with Gasteiger partial charge in [0.25, 0.3) is 0 Å². The van der Waals surface area contributed by atoms with Gasteiger partial charge in [-0.25, -0.2) is 0 Å². The van der Waals surface area contributed by atoms with Gasteiger partial charge >= 0.3 is 6.18 Å². The third-order valence-corrected chi connectivity index (χ3v) is 4.65. The zero-order valence-electron chi connectivity index (χ0n) is 17.0. The highest BCUT2D eigenvalue weighted by molar-refractivity contribution is 5.75. The van der Waals surface area contributed by atoms with Crippen LogP contribution in [0, 0.1) is 0 Å². The second-order valence-corrected chi connectivity index (χ2v) is 6.81. The predicted octanol–water partition coefficient (Wildman–Crippen LogP) is 7.49. The molecule has 0 atom stereocenters. The Balaban J connectivity index is 2.58. The van der Waals surface area contributed by atoms with E-state index in [9.17, 15) is 18.3 Å². The first-order chi connectivity index (χ1) is 13.8. The maximum absolute atomic E-state index is 13.6. The molecule has 0 aliphatic rings. The lowest BCUT2D eigenvalue weighted by molar-refractivity contribution is -0.137. The molecule has 2 rings (SSSR count). The molecule has 0 bridgehead atoms. The Kier molecular flexibility index (Phi) is 7.94. The molecule has 0 saturated heterocycles. The van der Waals surface area contributed by atoms with Crippen LogP contribution in [0.3, 0.4) is 0 Å². The molecule has 5 heteroatoms. The lowest BCUT2D eigenvalue weighted by atomic mass is 9.89. The summed E-state index contributed by atoms with van der Waals surface area (Å²) in [4.78, 5) is 0. The Morgan fingerprint density at radius 1 is 1.03 bits per heavy atom. The number of halogens is 3. The van der Waals surface area contributed by atoms with Crippen LogP contribution in [-0.4, -0.2) is 12.2 Å². The fourth-order valence-electron chi connectivity index (χ4n) is 3.31. The summed E-state index contributed by atoms with van der Waals surface area (Å²) in [7, 11) is 1.47. The molecule has 0 amide bonds. The number of hydrogen-bond donors (Lipinski definition) is 1. The molecule has 0 aliphatic heterocycles. The number of methoxy groups -OCH3 is 1. The minimum absolute atomic E-state index is 0.0414. The molecule has 0 fully saturated rings. The van der Waals surface area contributed by atoms with Crippen molar-refractivity contribution in [2.24, 2.45) is 0 Å². The molecule has 2 aromatic carbocycles. The summed E-state index contributed by atoms with van der Waals surface area (Å²) in [6, 6.07) is 10.7. The van der Waals surface area contributed by atoms with Crippen molar-refractivity contribution >= 4 is 11.6 Å². The fourth-order valence-corrected chi connectivity index (χ4v) is 3.31. The number of rotatable bonds is 8. The van der Waals surface area contributed by atoms with Crippen molar-refractivity contribution in [1.29, 1.82) is 0 Å². The molecule has 29 heavy (non-hydrogen) atoms. The third-order valence-electron chi connectivity index (χ3n) is 4.65. The Morgan fingerprint density at radius 2 is 1.72 bits per heavy atom. The summed E-state index contributed by atoms with van der Waals surface area (Å²) >= 11 is 0. The average molecular weight is 404 g/mol. The van der Waals surface area contributed by atoms with Crippen molar-refractivity contribution in [1.82, 2.24) is 0 Å². The molecule has 0 aliphatic carbocycles. The van der Waals surface area contributed by atoms with E-state index >= 15 is 0 Å². The first-order valence-electron chi connectivity index (χ1n) is 9.75. The summed E-state index contributed by atoms with van der Waals surface area (Å²) in [5.41, 5.74) is 2.06. The van der Waals surface area contributed by atoms with Crippen molar-refractivity contribution in [2.45, 2.75) is 45.7 Å². The second-order valence-electron chi connectivity index (χ2n) is 6.81. The molecule has 0 unspecified atom stereocenters. The van der Waals surface area contributed by atoms with Gasteiger partial charge in [-0.1, -0.05) is 63.1 Å². The summed E-state index contributed by atoms with van der Waals surface area (Å²) in [5.74, 6) is 0.393. The number of alkyl halides is 3. The van der Waals surface area contributed by atoms with Gasteiger partial charge < -0.3 is 9.84 Å². The number of phenolic OH excluding ortho intramolecular Hbond substituents is 1. The number of hydrogen-bond acceptors (Lipinski definition) is 2. The topological polar surface area (TPSA) is 29.5 Å². The van der Waals surface area contributed by atoms with Crippen LogP contribution in [-0.2, 0) is 6.18 Å². The highest BCUT2D eigenvalue weighted by atomic mass is 19.4. The normalized spacial score (nSPS) is 12.9. The van der Waals surface area contributed by atoms with E-state index < -0.39 is 11.7 Å². The van der Waals surface area contributed by atoms with E-state index in [4.69, 9.17) is 4.74 Å². The van der Waals surface area contributed by atoms with Gasteiger partial charge in [0.2, 0.25) is 0 Å². The van der Waals surface area contributed by atoms with Crippen molar-refractivity contribution in [3.05, 3.63) is 70.8 Å². The third kappa shape index (κ3) is 5.89.